The van der Waals surface area contributed by atoms with Crippen molar-refractivity contribution in [3.8, 4) is 0 Å². The number of rotatable bonds is 4. The molecule has 0 radical (unpaired) electrons. The van der Waals surface area contributed by atoms with Gasteiger partial charge < -0.3 is 16.2 Å². The molecule has 1 aliphatic carbocycles. The van der Waals surface area contributed by atoms with Gasteiger partial charge in [0.25, 0.3) is 0 Å². The van der Waals surface area contributed by atoms with Gasteiger partial charge in [0.05, 0.1) is 0 Å². The molecule has 1 saturated carbocycles. The van der Waals surface area contributed by atoms with Gasteiger partial charge in [-0.2, -0.15) is 0 Å². The van der Waals surface area contributed by atoms with Crippen LogP contribution in [0.1, 0.15) is 25.8 Å². The molecule has 17 heavy (non-hydrogen) atoms. The molecule has 1 aromatic carbocycles. The predicted molar refractivity (Wildman–Crippen MR) is 85.5 cm³/mol. The molecule has 2 rings (SSSR count). The molecule has 1 aromatic rings. The molecule has 0 heterocycles. The highest BCUT2D eigenvalue weighted by Crippen LogP contribution is 2.53. The Labute approximate surface area is 117 Å². The highest BCUT2D eigenvalue weighted by Gasteiger charge is 2.48. The second-order valence-electron chi connectivity index (χ2n) is 5.18. The van der Waals surface area contributed by atoms with Gasteiger partial charge in [-0.1, -0.05) is 13.8 Å². The summed E-state index contributed by atoms with van der Waals surface area (Å²) in [6, 6.07) is 5.77. The summed E-state index contributed by atoms with van der Waals surface area (Å²) in [5.74, 6) is 0.377. The summed E-state index contributed by atoms with van der Waals surface area (Å²) in [6.07, 6.45) is 1.71. The number of nitrogen functional groups attached to an aromatic ring is 1. The fourth-order valence-corrected chi connectivity index (χ4v) is 3.28. The van der Waals surface area contributed by atoms with E-state index in [1.54, 1.807) is 0 Å². The first-order valence-electron chi connectivity index (χ1n) is 5.55. The van der Waals surface area contributed by atoms with E-state index >= 15 is 0 Å². The van der Waals surface area contributed by atoms with E-state index in [2.05, 4.69) is 41.0 Å². The maximum absolute atomic E-state index is 8.32. The molecule has 1 fully saturated rings. The number of nitrogens with two attached hydrogens (primary N) is 1. The lowest BCUT2D eigenvalue weighted by Crippen LogP contribution is -2.09. The van der Waals surface area contributed by atoms with Crippen LogP contribution in [0.3, 0.4) is 0 Å². The van der Waals surface area contributed by atoms with Crippen molar-refractivity contribution in [1.29, 1.82) is 5.41 Å². The Morgan fingerprint density at radius 2 is 2.24 bits per heavy atom. The van der Waals surface area contributed by atoms with Crippen molar-refractivity contribution in [3.05, 3.63) is 23.8 Å². The average Bonchev–Trinajstić information content (AvgIpc) is 2.90. The van der Waals surface area contributed by atoms with Crippen LogP contribution < -0.4 is 10.8 Å². The molecule has 0 amide bonds. The first-order valence-corrected chi connectivity index (χ1v) is 9.67. The number of hydrogen-bond acceptors (Lipinski definition) is 3. The lowest BCUT2D eigenvalue weighted by molar-refractivity contribution is 0.621. The smallest absolute Gasteiger partial charge is 0.0469 e. The highest BCUT2D eigenvalue weighted by atomic mass is 127. The van der Waals surface area contributed by atoms with Crippen molar-refractivity contribution >= 4 is 45.5 Å². The Kier molecular flexibility index (Phi) is 3.64. The van der Waals surface area contributed by atoms with E-state index in [0.29, 0.717) is 12.3 Å². The Balaban J connectivity index is 2.30. The van der Waals surface area contributed by atoms with E-state index in [9.17, 15) is 0 Å². The normalized spacial score (nSPS) is 21.7. The minimum Gasteiger partial charge on any atom is -0.399 e. The molecule has 0 aromatic heterocycles. The molecule has 2 unspecified atom stereocenters. The summed E-state index contributed by atoms with van der Waals surface area (Å²) in [7, 11) is 0. The maximum Gasteiger partial charge on any atom is 0.0469 e. The van der Waals surface area contributed by atoms with Crippen LogP contribution in [0.5, 0.6) is 0 Å². The molecular formula is C12H17IN3P. The highest BCUT2D eigenvalue weighted by molar-refractivity contribution is 14.2. The van der Waals surface area contributed by atoms with Crippen molar-refractivity contribution in [2.75, 3.05) is 10.8 Å². The van der Waals surface area contributed by atoms with Gasteiger partial charge in [0.15, 0.2) is 0 Å². The summed E-state index contributed by atoms with van der Waals surface area (Å²) in [4.78, 5) is 0. The molecule has 0 saturated heterocycles. The lowest BCUT2D eigenvalue weighted by atomic mass is 9.99. The molecule has 4 N–H and O–H groups in total. The maximum atomic E-state index is 8.32. The second kappa shape index (κ2) is 4.73. The van der Waals surface area contributed by atoms with E-state index in [1.165, 1.54) is 0 Å². The number of anilines is 2. The van der Waals surface area contributed by atoms with Gasteiger partial charge in [0.2, 0.25) is 0 Å². The third-order valence-corrected chi connectivity index (χ3v) is 4.55. The number of nitrogens with one attached hydrogen (secondary N) is 2. The zero-order valence-electron chi connectivity index (χ0n) is 9.97. The second-order valence-corrected chi connectivity index (χ2v) is 7.24. The Bertz CT molecular complexity index is 459. The molecule has 92 valence electrons. The predicted octanol–water partition coefficient (Wildman–Crippen LogP) is 4.04. The first kappa shape index (κ1) is 13.1. The molecule has 0 bridgehead atoms. The van der Waals surface area contributed by atoms with Crippen molar-refractivity contribution in [2.45, 2.75) is 20.3 Å². The summed E-state index contributed by atoms with van der Waals surface area (Å²) >= 11 is 2.29. The fourth-order valence-electron chi connectivity index (χ4n) is 2.09. The van der Waals surface area contributed by atoms with Gasteiger partial charge in [-0.05, 0) is 52.1 Å². The Morgan fingerprint density at radius 1 is 1.59 bits per heavy atom. The monoisotopic (exact) mass is 361 g/mol. The van der Waals surface area contributed by atoms with Crippen molar-refractivity contribution in [1.82, 2.24) is 0 Å². The van der Waals surface area contributed by atoms with E-state index in [-0.39, 0.29) is 5.41 Å². The number of benzene rings is 1. The summed E-state index contributed by atoms with van der Waals surface area (Å²) in [5.41, 5.74) is 9.55. The van der Waals surface area contributed by atoms with Crippen LogP contribution in [-0.2, 0) is 0 Å². The Hall–Kier alpha value is -0.350. The fraction of sp³-hybridized carbons (Fsp3) is 0.417. The minimum absolute atomic E-state index is 0.283. The van der Waals surface area contributed by atoms with E-state index in [1.807, 2.05) is 18.2 Å². The van der Waals surface area contributed by atoms with Gasteiger partial charge in [0.1, 0.15) is 0 Å². The van der Waals surface area contributed by atoms with Gasteiger partial charge in [-0.3, -0.25) is 0 Å². The average molecular weight is 361 g/mol. The van der Waals surface area contributed by atoms with Crippen LogP contribution in [0.4, 0.5) is 11.4 Å². The molecule has 0 spiro atoms. The quantitative estimate of drug-likeness (QED) is 0.328. The van der Waals surface area contributed by atoms with Crippen LogP contribution in [0.2, 0.25) is 0 Å². The van der Waals surface area contributed by atoms with Crippen LogP contribution in [0, 0.1) is 16.7 Å². The number of halogens is 1. The van der Waals surface area contributed by atoms with Gasteiger partial charge in [-0.15, -0.1) is 0 Å². The van der Waals surface area contributed by atoms with Gasteiger partial charge >= 0.3 is 0 Å². The van der Waals surface area contributed by atoms with Crippen molar-refractivity contribution < 1.29 is 0 Å². The first-order chi connectivity index (χ1) is 7.95. The molecule has 0 aliphatic heterocycles. The van der Waals surface area contributed by atoms with Gasteiger partial charge in [-0.25, -0.2) is 0 Å². The van der Waals surface area contributed by atoms with E-state index in [4.69, 9.17) is 11.1 Å². The van der Waals surface area contributed by atoms with Crippen LogP contribution in [0.25, 0.3) is 0 Å². The van der Waals surface area contributed by atoms with Crippen LogP contribution in [-0.4, -0.2) is 5.71 Å². The molecule has 1 aliphatic rings. The lowest BCUT2D eigenvalue weighted by Gasteiger charge is -2.13. The molecule has 3 nitrogen and oxygen atoms in total. The summed E-state index contributed by atoms with van der Waals surface area (Å²) < 4.78 is 0. The standard InChI is InChI=1S/C12H17IN3P/c1-12(2)6-9(12)11(15)8-5-7(14)3-4-10(8)16-17-13/h3-5,9,15-17H,6,14H2,1-2H3. The zero-order valence-corrected chi connectivity index (χ0v) is 13.1. The van der Waals surface area contributed by atoms with E-state index < -0.39 is 0 Å². The topological polar surface area (TPSA) is 61.9 Å². The molecular weight excluding hydrogens is 344 g/mol. The minimum atomic E-state index is 0.283. The Morgan fingerprint density at radius 3 is 2.76 bits per heavy atom. The number of hydrogen-bond donors (Lipinski definition) is 3. The zero-order chi connectivity index (χ0) is 12.6. The SMILES string of the molecule is CC1(C)CC1C(=N)c1cc(N)ccc1NPI. The van der Waals surface area contributed by atoms with Crippen molar-refractivity contribution in [2.24, 2.45) is 11.3 Å². The van der Waals surface area contributed by atoms with Gasteiger partial charge in [0, 0.05) is 34.9 Å². The summed E-state index contributed by atoms with van der Waals surface area (Å²) in [5, 5.41) is 11.6. The van der Waals surface area contributed by atoms with Crippen molar-refractivity contribution in [3.63, 3.8) is 0 Å². The van der Waals surface area contributed by atoms with E-state index in [0.717, 1.165) is 29.1 Å². The summed E-state index contributed by atoms with van der Waals surface area (Å²) in [6.45, 7) is 4.43. The van der Waals surface area contributed by atoms with Crippen LogP contribution in [0.15, 0.2) is 18.2 Å². The molecule has 2 atom stereocenters. The third kappa shape index (κ3) is 2.74. The third-order valence-electron chi connectivity index (χ3n) is 3.38. The molecule has 5 heteroatoms. The van der Waals surface area contributed by atoms with Crippen LogP contribution >= 0.6 is 28.4 Å². The largest absolute Gasteiger partial charge is 0.399 e.